The van der Waals surface area contributed by atoms with Gasteiger partial charge < -0.3 is 0 Å². The summed E-state index contributed by atoms with van der Waals surface area (Å²) < 4.78 is 14.0. The average Bonchev–Trinajstić information content (AvgIpc) is 1.84. The third-order valence-corrected chi connectivity index (χ3v) is 1.64. The molecular weight excluding hydrogens is 201 g/mol. The lowest BCUT2D eigenvalue weighted by atomic mass is 10.4. The largest absolute Gasteiger partial charge is 0.298 e. The minimum atomic E-state index is -0.417. The van der Waals surface area contributed by atoms with Gasteiger partial charge in [0.25, 0.3) is 5.82 Å². The molecule has 0 fully saturated rings. The number of aromatic nitrogens is 1. The fourth-order valence-electron chi connectivity index (χ4n) is 0.532. The van der Waals surface area contributed by atoms with E-state index in [1.54, 1.807) is 0 Å². The number of nitrogen functional groups attached to an aromatic ring is 2. The number of hydrogen-bond acceptors (Lipinski definition) is 2. The van der Waals surface area contributed by atoms with Crippen molar-refractivity contribution < 1.29 is 9.07 Å². The first kappa shape index (κ1) is 7.27. The SMILES string of the molecule is Nc1cc(F)c(Br)c[n+]1N. The van der Waals surface area contributed by atoms with E-state index in [0.717, 1.165) is 10.7 Å². The highest BCUT2D eigenvalue weighted by Crippen LogP contribution is 2.12. The number of pyridine rings is 1. The molecule has 1 aromatic heterocycles. The molecular formula is C5H6BrFN3+. The highest BCUT2D eigenvalue weighted by Gasteiger charge is 2.06. The quantitative estimate of drug-likeness (QED) is 0.470. The van der Waals surface area contributed by atoms with Gasteiger partial charge in [0.05, 0.1) is 10.5 Å². The van der Waals surface area contributed by atoms with Crippen LogP contribution in [-0.2, 0) is 0 Å². The van der Waals surface area contributed by atoms with Gasteiger partial charge in [0.1, 0.15) is 12.0 Å². The van der Waals surface area contributed by atoms with Gasteiger partial charge in [-0.1, -0.05) is 0 Å². The molecule has 1 heterocycles. The van der Waals surface area contributed by atoms with Gasteiger partial charge in [-0.3, -0.25) is 11.6 Å². The molecule has 0 amide bonds. The second-order valence-corrected chi connectivity index (χ2v) is 2.66. The normalized spacial score (nSPS) is 9.80. The van der Waals surface area contributed by atoms with Gasteiger partial charge in [0.2, 0.25) is 0 Å². The Morgan fingerprint density at radius 1 is 1.60 bits per heavy atom. The highest BCUT2D eigenvalue weighted by atomic mass is 79.9. The summed E-state index contributed by atoms with van der Waals surface area (Å²) in [5, 5.41) is 0. The molecule has 5 heteroatoms. The number of anilines is 1. The van der Waals surface area contributed by atoms with Gasteiger partial charge >= 0.3 is 0 Å². The van der Waals surface area contributed by atoms with Gasteiger partial charge in [0.15, 0.2) is 0 Å². The maximum absolute atomic E-state index is 12.6. The fraction of sp³-hybridized carbons (Fsp3) is 0. The number of halogens is 2. The number of nitrogens with zero attached hydrogens (tertiary/aromatic N) is 1. The van der Waals surface area contributed by atoms with Gasteiger partial charge in [-0.15, -0.1) is 4.68 Å². The summed E-state index contributed by atoms with van der Waals surface area (Å²) >= 11 is 2.95. The van der Waals surface area contributed by atoms with Crippen molar-refractivity contribution in [3.8, 4) is 0 Å². The molecule has 0 atom stereocenters. The smallest absolute Gasteiger partial charge is 0.285 e. The van der Waals surface area contributed by atoms with Crippen LogP contribution in [0, 0.1) is 5.82 Å². The van der Waals surface area contributed by atoms with Crippen LogP contribution in [0.1, 0.15) is 0 Å². The standard InChI is InChI=1S/C5H5BrFN3/c6-3-2-10(9)5(8)1-4(3)7/h1-2,8H,9H2/p+1. The summed E-state index contributed by atoms with van der Waals surface area (Å²) in [5.41, 5.74) is 5.27. The lowest BCUT2D eigenvalue weighted by molar-refractivity contribution is -0.624. The molecule has 0 bridgehead atoms. The first-order valence-corrected chi connectivity index (χ1v) is 3.32. The Morgan fingerprint density at radius 3 is 2.70 bits per heavy atom. The highest BCUT2D eigenvalue weighted by molar-refractivity contribution is 9.10. The summed E-state index contributed by atoms with van der Waals surface area (Å²) in [6.07, 6.45) is 1.35. The van der Waals surface area contributed by atoms with Crippen molar-refractivity contribution in [3.05, 3.63) is 22.6 Å². The van der Waals surface area contributed by atoms with Crippen molar-refractivity contribution in [2.24, 2.45) is 0 Å². The van der Waals surface area contributed by atoms with E-state index in [1.807, 2.05) is 0 Å². The number of rotatable bonds is 0. The van der Waals surface area contributed by atoms with E-state index in [2.05, 4.69) is 15.9 Å². The van der Waals surface area contributed by atoms with Crippen LogP contribution in [0.25, 0.3) is 0 Å². The van der Waals surface area contributed by atoms with Crippen LogP contribution in [0.4, 0.5) is 10.2 Å². The molecule has 0 unspecified atom stereocenters. The fourth-order valence-corrected chi connectivity index (χ4v) is 0.867. The van der Waals surface area contributed by atoms with E-state index in [0.29, 0.717) is 4.47 Å². The Labute approximate surface area is 65.5 Å². The van der Waals surface area contributed by atoms with Crippen molar-refractivity contribution in [1.82, 2.24) is 0 Å². The second-order valence-electron chi connectivity index (χ2n) is 1.80. The van der Waals surface area contributed by atoms with Crippen molar-refractivity contribution in [2.45, 2.75) is 0 Å². The van der Waals surface area contributed by atoms with Crippen LogP contribution in [0.2, 0.25) is 0 Å². The molecule has 0 aromatic carbocycles. The van der Waals surface area contributed by atoms with Crippen LogP contribution >= 0.6 is 15.9 Å². The minimum absolute atomic E-state index is 0.181. The van der Waals surface area contributed by atoms with Gasteiger partial charge in [-0.25, -0.2) is 4.39 Å². The molecule has 10 heavy (non-hydrogen) atoms. The third-order valence-electron chi connectivity index (χ3n) is 1.05. The van der Waals surface area contributed by atoms with Gasteiger partial charge in [0, 0.05) is 0 Å². The Morgan fingerprint density at radius 2 is 2.20 bits per heavy atom. The zero-order valence-corrected chi connectivity index (χ0v) is 6.60. The summed E-state index contributed by atoms with van der Waals surface area (Å²) in [4.78, 5) is 0. The van der Waals surface area contributed by atoms with Crippen LogP contribution < -0.4 is 16.3 Å². The van der Waals surface area contributed by atoms with Crippen molar-refractivity contribution >= 4 is 21.7 Å². The molecule has 4 N–H and O–H groups in total. The maximum atomic E-state index is 12.6. The molecule has 0 aliphatic carbocycles. The summed E-state index contributed by atoms with van der Waals surface area (Å²) in [6.45, 7) is 0. The maximum Gasteiger partial charge on any atom is 0.298 e. The number of hydrogen-bond donors (Lipinski definition) is 2. The van der Waals surface area contributed by atoms with Gasteiger partial charge in [-0.05, 0) is 15.9 Å². The summed E-state index contributed by atoms with van der Waals surface area (Å²) in [7, 11) is 0. The number of nitrogens with two attached hydrogens (primary N) is 2. The monoisotopic (exact) mass is 206 g/mol. The van der Waals surface area contributed by atoms with Crippen LogP contribution in [-0.4, -0.2) is 0 Å². The zero-order valence-electron chi connectivity index (χ0n) is 5.01. The van der Waals surface area contributed by atoms with Crippen molar-refractivity contribution in [2.75, 3.05) is 11.6 Å². The van der Waals surface area contributed by atoms with E-state index in [-0.39, 0.29) is 5.82 Å². The summed E-state index contributed by atoms with van der Waals surface area (Å²) in [5.74, 6) is 5.05. The molecule has 0 saturated carbocycles. The van der Waals surface area contributed by atoms with Crippen LogP contribution in [0.15, 0.2) is 16.7 Å². The van der Waals surface area contributed by atoms with E-state index >= 15 is 0 Å². The molecule has 1 rings (SSSR count). The lowest BCUT2D eigenvalue weighted by Crippen LogP contribution is -2.46. The minimum Gasteiger partial charge on any atom is -0.285 e. The molecule has 0 aliphatic rings. The molecule has 1 aromatic rings. The predicted octanol–water partition coefficient (Wildman–Crippen LogP) is 0.172. The molecule has 0 saturated heterocycles. The zero-order chi connectivity index (χ0) is 7.72. The Hall–Kier alpha value is -0.840. The second kappa shape index (κ2) is 2.42. The third kappa shape index (κ3) is 1.18. The van der Waals surface area contributed by atoms with E-state index < -0.39 is 5.82 Å². The van der Waals surface area contributed by atoms with Crippen molar-refractivity contribution in [3.63, 3.8) is 0 Å². The lowest BCUT2D eigenvalue weighted by Gasteiger charge is -1.95. The predicted molar refractivity (Wildman–Crippen MR) is 38.9 cm³/mol. The first-order chi connectivity index (χ1) is 4.61. The Balaban J connectivity index is 3.28. The molecule has 54 valence electrons. The van der Waals surface area contributed by atoms with E-state index in [4.69, 9.17) is 11.6 Å². The van der Waals surface area contributed by atoms with Crippen LogP contribution in [0.5, 0.6) is 0 Å². The summed E-state index contributed by atoms with van der Waals surface area (Å²) in [6, 6.07) is 1.14. The first-order valence-electron chi connectivity index (χ1n) is 2.52. The topological polar surface area (TPSA) is 55.9 Å². The molecule has 0 radical (unpaired) electrons. The van der Waals surface area contributed by atoms with Crippen molar-refractivity contribution in [1.29, 1.82) is 0 Å². The van der Waals surface area contributed by atoms with E-state index in [1.165, 1.54) is 6.20 Å². The molecule has 0 spiro atoms. The average molecular weight is 207 g/mol. The van der Waals surface area contributed by atoms with Gasteiger partial charge in [-0.2, -0.15) is 0 Å². The molecule has 0 aliphatic heterocycles. The van der Waals surface area contributed by atoms with E-state index in [9.17, 15) is 4.39 Å². The Bertz CT molecular complexity index is 213. The Kier molecular flexibility index (Phi) is 1.76. The van der Waals surface area contributed by atoms with Crippen LogP contribution in [0.3, 0.4) is 0 Å². The molecule has 3 nitrogen and oxygen atoms in total.